The number of rotatable bonds is 4. The van der Waals surface area contributed by atoms with Gasteiger partial charge in [0.05, 0.1) is 5.60 Å². The molecule has 0 aromatic rings. The molecule has 0 atom stereocenters. The minimum Gasteiger partial charge on any atom is -0.319 e. The highest BCUT2D eigenvalue weighted by Gasteiger charge is 2.11. The third-order valence-corrected chi connectivity index (χ3v) is 1.07. The molecule has 0 aliphatic heterocycles. The molecule has 4 nitrogen and oxygen atoms in total. The lowest BCUT2D eigenvalue weighted by atomic mass is 10.2. The van der Waals surface area contributed by atoms with Gasteiger partial charge >= 0.3 is 0 Å². The lowest BCUT2D eigenvalue weighted by Gasteiger charge is -2.18. The normalized spacial score (nSPS) is 11.3. The maximum absolute atomic E-state index is 11.0. The molecule has 0 fully saturated rings. The molecule has 0 aromatic carbocycles. The molecule has 72 valence electrons. The van der Waals surface area contributed by atoms with Gasteiger partial charge in [0, 0.05) is 13.0 Å². The molecule has 0 aliphatic rings. The van der Waals surface area contributed by atoms with E-state index in [9.17, 15) is 4.79 Å². The van der Waals surface area contributed by atoms with Crippen molar-refractivity contribution in [3.63, 3.8) is 0 Å². The first kappa shape index (κ1) is 11.4. The summed E-state index contributed by atoms with van der Waals surface area (Å²) in [5.41, 5.74) is 2.05. The van der Waals surface area contributed by atoms with Gasteiger partial charge in [-0.15, -0.1) is 0 Å². The van der Waals surface area contributed by atoms with Gasteiger partial charge in [-0.1, -0.05) is 0 Å². The first-order valence-electron chi connectivity index (χ1n) is 4.07. The number of amides is 1. The topological polar surface area (TPSA) is 50.4 Å². The van der Waals surface area contributed by atoms with Crippen molar-refractivity contribution in [3.05, 3.63) is 0 Å². The minimum absolute atomic E-state index is 0.0979. The van der Waals surface area contributed by atoms with E-state index in [4.69, 9.17) is 4.84 Å². The van der Waals surface area contributed by atoms with Crippen LogP contribution in [0.5, 0.6) is 0 Å². The van der Waals surface area contributed by atoms with Crippen LogP contribution in [0.25, 0.3) is 0 Å². The molecule has 0 spiro atoms. The summed E-state index contributed by atoms with van der Waals surface area (Å²) in [5.74, 6) is -0.0979. The fourth-order valence-electron chi connectivity index (χ4n) is 0.500. The molecular formula is C8H18N2O2. The van der Waals surface area contributed by atoms with Gasteiger partial charge in [-0.05, 0) is 27.8 Å². The summed E-state index contributed by atoms with van der Waals surface area (Å²) in [4.78, 5) is 16.0. The number of carbonyl (C=O) groups excluding carboxylic acids is 1. The number of hydrogen-bond donors (Lipinski definition) is 2. The van der Waals surface area contributed by atoms with E-state index in [1.807, 2.05) is 20.8 Å². The molecule has 0 aliphatic carbocycles. The molecule has 0 saturated carbocycles. The number of hydrogen-bond acceptors (Lipinski definition) is 3. The zero-order valence-electron chi connectivity index (χ0n) is 8.23. The largest absolute Gasteiger partial charge is 0.319 e. The number of carbonyl (C=O) groups is 1. The highest BCUT2D eigenvalue weighted by Crippen LogP contribution is 2.03. The predicted octanol–water partition coefficient (Wildman–Crippen LogP) is 0.442. The number of nitrogens with one attached hydrogen (secondary N) is 2. The third-order valence-electron chi connectivity index (χ3n) is 1.07. The van der Waals surface area contributed by atoms with Gasteiger partial charge in [-0.3, -0.25) is 9.63 Å². The summed E-state index contributed by atoms with van der Waals surface area (Å²) >= 11 is 0. The Morgan fingerprint density at radius 1 is 1.42 bits per heavy atom. The molecule has 0 aromatic heterocycles. The minimum atomic E-state index is -0.324. The van der Waals surface area contributed by atoms with Crippen LogP contribution in [0.3, 0.4) is 0 Å². The second-order valence-electron chi connectivity index (χ2n) is 3.59. The van der Waals surface area contributed by atoms with Crippen molar-refractivity contribution in [2.75, 3.05) is 13.6 Å². The Morgan fingerprint density at radius 2 is 2.00 bits per heavy atom. The van der Waals surface area contributed by atoms with E-state index in [1.165, 1.54) is 0 Å². The van der Waals surface area contributed by atoms with Crippen molar-refractivity contribution in [1.29, 1.82) is 0 Å². The third kappa shape index (κ3) is 7.50. The van der Waals surface area contributed by atoms with Gasteiger partial charge in [0.25, 0.3) is 0 Å². The van der Waals surface area contributed by atoms with Gasteiger partial charge in [0.1, 0.15) is 0 Å². The van der Waals surface area contributed by atoms with Crippen LogP contribution in [0.15, 0.2) is 0 Å². The average Bonchev–Trinajstić information content (AvgIpc) is 1.95. The van der Waals surface area contributed by atoms with E-state index in [1.54, 1.807) is 7.05 Å². The first-order valence-corrected chi connectivity index (χ1v) is 4.07. The molecule has 0 radical (unpaired) electrons. The lowest BCUT2D eigenvalue weighted by molar-refractivity contribution is -0.145. The molecular weight excluding hydrogens is 156 g/mol. The Labute approximate surface area is 73.6 Å². The zero-order valence-corrected chi connectivity index (χ0v) is 8.23. The SMILES string of the molecule is CNCCC(=O)NOC(C)(C)C. The Bertz CT molecular complexity index is 140. The van der Waals surface area contributed by atoms with Crippen LogP contribution in [-0.2, 0) is 9.63 Å². The highest BCUT2D eigenvalue weighted by molar-refractivity contribution is 5.74. The molecule has 4 heteroatoms. The molecule has 0 rings (SSSR count). The summed E-state index contributed by atoms with van der Waals surface area (Å²) in [5, 5.41) is 2.88. The van der Waals surface area contributed by atoms with E-state index in [2.05, 4.69) is 10.8 Å². The van der Waals surface area contributed by atoms with Crippen LogP contribution in [0.1, 0.15) is 27.2 Å². The average molecular weight is 174 g/mol. The molecule has 0 heterocycles. The summed E-state index contributed by atoms with van der Waals surface area (Å²) in [6.07, 6.45) is 0.437. The van der Waals surface area contributed by atoms with Crippen LogP contribution in [-0.4, -0.2) is 25.1 Å². The highest BCUT2D eigenvalue weighted by atomic mass is 16.7. The lowest BCUT2D eigenvalue weighted by Crippen LogP contribution is -2.34. The first-order chi connectivity index (χ1) is 5.45. The maximum atomic E-state index is 11.0. The van der Waals surface area contributed by atoms with E-state index < -0.39 is 0 Å². The van der Waals surface area contributed by atoms with Crippen LogP contribution in [0, 0.1) is 0 Å². The zero-order chi connectivity index (χ0) is 9.61. The Morgan fingerprint density at radius 3 is 2.42 bits per heavy atom. The summed E-state index contributed by atoms with van der Waals surface area (Å²) < 4.78 is 0. The Balaban J connectivity index is 3.44. The van der Waals surface area contributed by atoms with Gasteiger partial charge < -0.3 is 5.32 Å². The van der Waals surface area contributed by atoms with Crippen LogP contribution in [0.2, 0.25) is 0 Å². The van der Waals surface area contributed by atoms with Crippen molar-refractivity contribution in [3.8, 4) is 0 Å². The summed E-state index contributed by atoms with van der Waals surface area (Å²) in [6.45, 7) is 6.31. The van der Waals surface area contributed by atoms with Crippen molar-refractivity contribution in [2.24, 2.45) is 0 Å². The smallest absolute Gasteiger partial charge is 0.244 e. The van der Waals surface area contributed by atoms with Gasteiger partial charge in [0.2, 0.25) is 5.91 Å². The standard InChI is InChI=1S/C8H18N2O2/c1-8(2,3)12-10-7(11)5-6-9-4/h9H,5-6H2,1-4H3,(H,10,11). The second-order valence-corrected chi connectivity index (χ2v) is 3.59. The Kier molecular flexibility index (Phi) is 4.85. The van der Waals surface area contributed by atoms with Gasteiger partial charge in [-0.25, -0.2) is 5.48 Å². The molecule has 0 unspecified atom stereocenters. The molecule has 0 bridgehead atoms. The number of hydroxylamine groups is 1. The monoisotopic (exact) mass is 174 g/mol. The van der Waals surface area contributed by atoms with Gasteiger partial charge in [0.15, 0.2) is 0 Å². The fraction of sp³-hybridized carbons (Fsp3) is 0.875. The van der Waals surface area contributed by atoms with E-state index in [0.717, 1.165) is 0 Å². The Hall–Kier alpha value is -0.610. The fourth-order valence-corrected chi connectivity index (χ4v) is 0.500. The van der Waals surface area contributed by atoms with E-state index in [0.29, 0.717) is 13.0 Å². The van der Waals surface area contributed by atoms with Crippen molar-refractivity contribution >= 4 is 5.91 Å². The van der Waals surface area contributed by atoms with Crippen LogP contribution in [0.4, 0.5) is 0 Å². The van der Waals surface area contributed by atoms with E-state index in [-0.39, 0.29) is 11.5 Å². The molecule has 1 amide bonds. The van der Waals surface area contributed by atoms with Crippen molar-refractivity contribution in [1.82, 2.24) is 10.8 Å². The molecule has 2 N–H and O–H groups in total. The summed E-state index contributed by atoms with van der Waals surface area (Å²) in [6, 6.07) is 0. The maximum Gasteiger partial charge on any atom is 0.244 e. The summed E-state index contributed by atoms with van der Waals surface area (Å²) in [7, 11) is 1.80. The van der Waals surface area contributed by atoms with Crippen LogP contribution >= 0.6 is 0 Å². The quantitative estimate of drug-likeness (QED) is 0.608. The molecule has 0 saturated heterocycles. The molecule has 12 heavy (non-hydrogen) atoms. The van der Waals surface area contributed by atoms with E-state index >= 15 is 0 Å². The predicted molar refractivity (Wildman–Crippen MR) is 47.5 cm³/mol. The van der Waals surface area contributed by atoms with Crippen molar-refractivity contribution in [2.45, 2.75) is 32.8 Å². The van der Waals surface area contributed by atoms with Gasteiger partial charge in [-0.2, -0.15) is 0 Å². The van der Waals surface area contributed by atoms with Crippen molar-refractivity contribution < 1.29 is 9.63 Å². The van der Waals surface area contributed by atoms with Crippen LogP contribution < -0.4 is 10.8 Å². The second kappa shape index (κ2) is 5.11.